The number of amides is 1. The van der Waals surface area contributed by atoms with Crippen LogP contribution in [0.4, 0.5) is 5.69 Å². The van der Waals surface area contributed by atoms with Crippen LogP contribution in [0.2, 0.25) is 0 Å². The Morgan fingerprint density at radius 1 is 0.906 bits per heavy atom. The van der Waals surface area contributed by atoms with Crippen molar-refractivity contribution in [2.24, 2.45) is 0 Å². The van der Waals surface area contributed by atoms with Gasteiger partial charge in [0.05, 0.1) is 5.69 Å². The summed E-state index contributed by atoms with van der Waals surface area (Å²) in [5, 5.41) is 14.3. The fourth-order valence-corrected chi connectivity index (χ4v) is 3.78. The van der Waals surface area contributed by atoms with E-state index in [0.717, 1.165) is 33.1 Å². The highest BCUT2D eigenvalue weighted by Crippen LogP contribution is 2.23. The van der Waals surface area contributed by atoms with Gasteiger partial charge in [-0.3, -0.25) is 4.79 Å². The van der Waals surface area contributed by atoms with Crippen molar-refractivity contribution in [2.45, 2.75) is 13.8 Å². The Morgan fingerprint density at radius 3 is 2.59 bits per heavy atom. The van der Waals surface area contributed by atoms with Gasteiger partial charge in [-0.25, -0.2) is 0 Å². The smallest absolute Gasteiger partial charge is 0.262 e. The van der Waals surface area contributed by atoms with E-state index in [1.165, 1.54) is 0 Å². The molecule has 158 valence electrons. The van der Waals surface area contributed by atoms with Gasteiger partial charge in [0.15, 0.2) is 6.61 Å². The van der Waals surface area contributed by atoms with Crippen LogP contribution >= 0.6 is 0 Å². The highest BCUT2D eigenvalue weighted by Gasteiger charge is 2.10. The Balaban J connectivity index is 1.34. The molecule has 6 heteroatoms. The molecule has 0 saturated carbocycles. The van der Waals surface area contributed by atoms with Crippen molar-refractivity contribution in [1.29, 1.82) is 0 Å². The zero-order chi connectivity index (χ0) is 22.1. The fraction of sp³-hybridized carbons (Fsp3) is 0.115. The first-order valence-corrected chi connectivity index (χ1v) is 10.4. The Hall–Kier alpha value is -4.19. The molecule has 5 rings (SSSR count). The molecule has 0 spiro atoms. The minimum atomic E-state index is -0.231. The van der Waals surface area contributed by atoms with Crippen LogP contribution < -0.4 is 10.1 Å². The van der Waals surface area contributed by atoms with Gasteiger partial charge in [0.1, 0.15) is 16.8 Å². The number of nitrogens with one attached hydrogen (secondary N) is 1. The summed E-state index contributed by atoms with van der Waals surface area (Å²) in [7, 11) is 0. The maximum atomic E-state index is 12.4. The number of aryl methyl sites for hydroxylation is 2. The zero-order valence-corrected chi connectivity index (χ0v) is 17.9. The average Bonchev–Trinajstić information content (AvgIpc) is 3.21. The number of ether oxygens (including phenoxy) is 1. The summed E-state index contributed by atoms with van der Waals surface area (Å²) in [4.78, 5) is 14.0. The minimum absolute atomic E-state index is 0.0648. The first-order valence-electron chi connectivity index (χ1n) is 10.4. The van der Waals surface area contributed by atoms with Crippen LogP contribution in [0.5, 0.6) is 5.75 Å². The van der Waals surface area contributed by atoms with Gasteiger partial charge in [-0.05, 0) is 55.1 Å². The van der Waals surface area contributed by atoms with Gasteiger partial charge in [0.2, 0.25) is 0 Å². The monoisotopic (exact) mass is 422 g/mol. The van der Waals surface area contributed by atoms with E-state index < -0.39 is 0 Å². The van der Waals surface area contributed by atoms with E-state index in [1.54, 1.807) is 4.80 Å². The van der Waals surface area contributed by atoms with Crippen LogP contribution in [0.15, 0.2) is 78.9 Å². The third kappa shape index (κ3) is 3.90. The van der Waals surface area contributed by atoms with Crippen LogP contribution in [0, 0.1) is 13.8 Å². The third-order valence-electron chi connectivity index (χ3n) is 5.34. The highest BCUT2D eigenvalue weighted by atomic mass is 16.5. The number of nitrogens with zero attached hydrogens (tertiary/aromatic N) is 3. The second-order valence-corrected chi connectivity index (χ2v) is 7.80. The molecule has 0 saturated heterocycles. The van der Waals surface area contributed by atoms with Crippen LogP contribution in [0.25, 0.3) is 27.5 Å². The molecule has 1 heterocycles. The van der Waals surface area contributed by atoms with Gasteiger partial charge in [0, 0.05) is 11.1 Å². The first kappa shape index (κ1) is 19.8. The van der Waals surface area contributed by atoms with Crippen molar-refractivity contribution >= 4 is 33.4 Å². The summed E-state index contributed by atoms with van der Waals surface area (Å²) in [6.07, 6.45) is 0. The predicted molar refractivity (Wildman–Crippen MR) is 126 cm³/mol. The summed E-state index contributed by atoms with van der Waals surface area (Å²) in [6, 6.07) is 25.6. The Bertz CT molecular complexity index is 1450. The number of aromatic nitrogens is 3. The molecule has 0 unspecified atom stereocenters. The van der Waals surface area contributed by atoms with Crippen LogP contribution in [-0.2, 0) is 4.79 Å². The molecule has 0 fully saturated rings. The van der Waals surface area contributed by atoms with Gasteiger partial charge in [-0.2, -0.15) is 0 Å². The number of carbonyl (C=O) groups is 1. The Kier molecular flexibility index (Phi) is 5.03. The summed E-state index contributed by atoms with van der Waals surface area (Å²) < 4.78 is 5.67. The third-order valence-corrected chi connectivity index (χ3v) is 5.34. The van der Waals surface area contributed by atoms with E-state index >= 15 is 0 Å². The summed E-state index contributed by atoms with van der Waals surface area (Å²) in [6.45, 7) is 3.92. The molecule has 1 aromatic heterocycles. The van der Waals surface area contributed by atoms with E-state index in [4.69, 9.17) is 4.74 Å². The molecule has 0 aliphatic rings. The lowest BCUT2D eigenvalue weighted by molar-refractivity contribution is -0.118. The highest BCUT2D eigenvalue weighted by molar-refractivity contribution is 5.94. The lowest BCUT2D eigenvalue weighted by Gasteiger charge is -2.10. The molecule has 0 aliphatic carbocycles. The number of carbonyl (C=O) groups excluding carboxylic acids is 1. The molecular formula is C26H22N4O2. The number of benzene rings is 4. The molecule has 1 N–H and O–H groups in total. The second kappa shape index (κ2) is 8.15. The number of rotatable bonds is 5. The molecule has 0 bridgehead atoms. The molecule has 6 nitrogen and oxygen atoms in total. The molecular weight excluding hydrogens is 400 g/mol. The standard InChI is InChI=1S/C26H22N4O2/c1-17-10-13-25(18(2)14-17)32-16-26(31)27-20-11-12-22-23(15-20)29-30(28-22)24-9-5-7-19-6-3-4-8-21(19)24/h3-15H,16H2,1-2H3,(H,27,31). The van der Waals surface area contributed by atoms with E-state index in [-0.39, 0.29) is 12.5 Å². The maximum Gasteiger partial charge on any atom is 0.262 e. The molecule has 0 radical (unpaired) electrons. The zero-order valence-electron chi connectivity index (χ0n) is 17.9. The van der Waals surface area contributed by atoms with Crippen LogP contribution in [0.1, 0.15) is 11.1 Å². The molecule has 5 aromatic rings. The van der Waals surface area contributed by atoms with Crippen LogP contribution in [-0.4, -0.2) is 27.5 Å². The number of fused-ring (bicyclic) bond motifs is 2. The quantitative estimate of drug-likeness (QED) is 0.422. The van der Waals surface area contributed by atoms with Gasteiger partial charge in [-0.15, -0.1) is 15.0 Å². The van der Waals surface area contributed by atoms with Gasteiger partial charge >= 0.3 is 0 Å². The first-order chi connectivity index (χ1) is 15.6. The van der Waals surface area contributed by atoms with E-state index in [1.807, 2.05) is 74.5 Å². The van der Waals surface area contributed by atoms with Crippen molar-refractivity contribution in [3.63, 3.8) is 0 Å². The number of hydrogen-bond donors (Lipinski definition) is 1. The van der Waals surface area contributed by atoms with E-state index in [2.05, 4.69) is 33.7 Å². The maximum absolute atomic E-state index is 12.4. The Morgan fingerprint density at radius 2 is 1.72 bits per heavy atom. The molecule has 32 heavy (non-hydrogen) atoms. The fourth-order valence-electron chi connectivity index (χ4n) is 3.78. The van der Waals surface area contributed by atoms with Crippen molar-refractivity contribution in [3.8, 4) is 11.4 Å². The van der Waals surface area contributed by atoms with Gasteiger partial charge in [-0.1, -0.05) is 54.1 Å². The largest absolute Gasteiger partial charge is 0.483 e. The lowest BCUT2D eigenvalue weighted by Crippen LogP contribution is -2.20. The Labute approximate surface area is 185 Å². The van der Waals surface area contributed by atoms with Crippen molar-refractivity contribution < 1.29 is 9.53 Å². The predicted octanol–water partition coefficient (Wildman–Crippen LogP) is 5.21. The summed E-state index contributed by atoms with van der Waals surface area (Å²) in [5.74, 6) is 0.477. The number of anilines is 1. The van der Waals surface area contributed by atoms with Crippen molar-refractivity contribution in [1.82, 2.24) is 15.0 Å². The van der Waals surface area contributed by atoms with Crippen molar-refractivity contribution in [3.05, 3.63) is 90.0 Å². The van der Waals surface area contributed by atoms with Gasteiger partial charge < -0.3 is 10.1 Å². The van der Waals surface area contributed by atoms with Crippen LogP contribution in [0.3, 0.4) is 0 Å². The summed E-state index contributed by atoms with van der Waals surface area (Å²) in [5.41, 5.74) is 5.17. The minimum Gasteiger partial charge on any atom is -0.483 e. The lowest BCUT2D eigenvalue weighted by atomic mass is 10.1. The van der Waals surface area contributed by atoms with Gasteiger partial charge in [0.25, 0.3) is 5.91 Å². The van der Waals surface area contributed by atoms with E-state index in [9.17, 15) is 4.79 Å². The molecule has 0 aliphatic heterocycles. The number of hydrogen-bond acceptors (Lipinski definition) is 4. The molecule has 1 amide bonds. The average molecular weight is 422 g/mol. The van der Waals surface area contributed by atoms with Crippen molar-refractivity contribution in [2.75, 3.05) is 11.9 Å². The summed E-state index contributed by atoms with van der Waals surface area (Å²) >= 11 is 0. The topological polar surface area (TPSA) is 69.0 Å². The van der Waals surface area contributed by atoms with E-state index in [0.29, 0.717) is 17.0 Å². The molecule has 0 atom stereocenters. The molecule has 4 aromatic carbocycles. The second-order valence-electron chi connectivity index (χ2n) is 7.80. The SMILES string of the molecule is Cc1ccc(OCC(=O)Nc2ccc3nn(-c4cccc5ccccc45)nc3c2)c(C)c1. The normalized spacial score (nSPS) is 11.1.